The van der Waals surface area contributed by atoms with Crippen LogP contribution in [0, 0.1) is 0 Å². The van der Waals surface area contributed by atoms with Crippen LogP contribution in [0.15, 0.2) is 48.5 Å². The van der Waals surface area contributed by atoms with Gasteiger partial charge in [-0.25, -0.2) is 0 Å². The Kier molecular flexibility index (Phi) is 3.77. The number of rotatable bonds is 4. The summed E-state index contributed by atoms with van der Waals surface area (Å²) in [6.45, 7) is 0.524. The maximum absolute atomic E-state index is 11.9. The van der Waals surface area contributed by atoms with E-state index in [-0.39, 0.29) is 12.0 Å². The van der Waals surface area contributed by atoms with Crippen LogP contribution in [0.4, 0.5) is 5.69 Å². The first-order valence-electron chi connectivity index (χ1n) is 7.06. The van der Waals surface area contributed by atoms with E-state index in [1.165, 1.54) is 5.56 Å². The number of amides is 1. The summed E-state index contributed by atoms with van der Waals surface area (Å²) in [5.74, 6) is 0.910. The van der Waals surface area contributed by atoms with Gasteiger partial charge in [0.15, 0.2) is 0 Å². The summed E-state index contributed by atoms with van der Waals surface area (Å²) in [5, 5.41) is 2.92. The van der Waals surface area contributed by atoms with Gasteiger partial charge in [-0.1, -0.05) is 30.3 Å². The van der Waals surface area contributed by atoms with Gasteiger partial charge in [0, 0.05) is 12.1 Å². The average Bonchev–Trinajstić information content (AvgIpc) is 2.88. The first kappa shape index (κ1) is 13.5. The van der Waals surface area contributed by atoms with Crippen LogP contribution < -0.4 is 15.8 Å². The Morgan fingerprint density at radius 2 is 2.10 bits per heavy atom. The highest BCUT2D eigenvalue weighted by Crippen LogP contribution is 2.27. The van der Waals surface area contributed by atoms with Crippen molar-refractivity contribution in [3.05, 3.63) is 59.7 Å². The highest BCUT2D eigenvalue weighted by molar-refractivity contribution is 5.78. The Morgan fingerprint density at radius 3 is 2.90 bits per heavy atom. The number of anilines is 1. The fourth-order valence-corrected chi connectivity index (χ4v) is 2.55. The van der Waals surface area contributed by atoms with Gasteiger partial charge in [0.05, 0.1) is 13.0 Å². The van der Waals surface area contributed by atoms with Crippen LogP contribution >= 0.6 is 0 Å². The summed E-state index contributed by atoms with van der Waals surface area (Å²) in [7, 11) is 0. The molecule has 0 aliphatic carbocycles. The summed E-state index contributed by atoms with van der Waals surface area (Å²) >= 11 is 0. The molecule has 3 rings (SSSR count). The van der Waals surface area contributed by atoms with Gasteiger partial charge in [-0.2, -0.15) is 0 Å². The first-order chi connectivity index (χ1) is 10.2. The molecule has 1 amide bonds. The number of para-hydroxylation sites is 1. The molecule has 108 valence electrons. The number of nitrogen functional groups attached to an aromatic ring is 1. The highest BCUT2D eigenvalue weighted by atomic mass is 16.5. The summed E-state index contributed by atoms with van der Waals surface area (Å²) in [5.41, 5.74) is 8.50. The smallest absolute Gasteiger partial charge is 0.224 e. The minimum absolute atomic E-state index is 0.0137. The van der Waals surface area contributed by atoms with Crippen LogP contribution in [0.3, 0.4) is 0 Å². The maximum atomic E-state index is 11.9. The molecule has 0 aromatic heterocycles. The van der Waals surface area contributed by atoms with Gasteiger partial charge in [0.25, 0.3) is 0 Å². The van der Waals surface area contributed by atoms with Crippen molar-refractivity contribution < 1.29 is 9.53 Å². The molecule has 0 fully saturated rings. The molecule has 0 saturated heterocycles. The molecule has 1 unspecified atom stereocenters. The van der Waals surface area contributed by atoms with Crippen molar-refractivity contribution in [2.24, 2.45) is 0 Å². The average molecular weight is 282 g/mol. The molecule has 0 bridgehead atoms. The zero-order chi connectivity index (χ0) is 14.7. The molecule has 4 heteroatoms. The van der Waals surface area contributed by atoms with Crippen molar-refractivity contribution in [1.29, 1.82) is 0 Å². The Balaban J connectivity index is 1.49. The van der Waals surface area contributed by atoms with Crippen LogP contribution in [0.5, 0.6) is 5.75 Å². The topological polar surface area (TPSA) is 64.4 Å². The Bertz CT molecular complexity index is 630. The monoisotopic (exact) mass is 282 g/mol. The third-order valence-corrected chi connectivity index (χ3v) is 3.56. The van der Waals surface area contributed by atoms with Gasteiger partial charge in [-0.3, -0.25) is 4.79 Å². The van der Waals surface area contributed by atoms with E-state index in [9.17, 15) is 4.79 Å². The number of nitrogens with one attached hydrogen (secondary N) is 1. The zero-order valence-electron chi connectivity index (χ0n) is 11.7. The second-order valence-electron chi connectivity index (χ2n) is 5.28. The molecule has 0 saturated carbocycles. The van der Waals surface area contributed by atoms with Crippen molar-refractivity contribution in [3.8, 4) is 5.75 Å². The molecule has 1 aliphatic rings. The lowest BCUT2D eigenvalue weighted by atomic mass is 10.1. The molecule has 21 heavy (non-hydrogen) atoms. The Labute approximate surface area is 123 Å². The zero-order valence-corrected chi connectivity index (χ0v) is 11.7. The van der Waals surface area contributed by atoms with E-state index < -0.39 is 0 Å². The molecule has 1 heterocycles. The molecule has 0 radical (unpaired) electrons. The maximum Gasteiger partial charge on any atom is 0.224 e. The van der Waals surface area contributed by atoms with E-state index >= 15 is 0 Å². The lowest BCUT2D eigenvalue weighted by Gasteiger charge is -2.12. The lowest BCUT2D eigenvalue weighted by Crippen LogP contribution is -2.35. The largest absolute Gasteiger partial charge is 0.488 e. The minimum atomic E-state index is -0.0137. The van der Waals surface area contributed by atoms with Crippen LogP contribution in [-0.4, -0.2) is 18.6 Å². The number of hydrogen-bond donors (Lipinski definition) is 2. The van der Waals surface area contributed by atoms with Crippen LogP contribution in [-0.2, 0) is 17.6 Å². The molecule has 2 aromatic carbocycles. The van der Waals surface area contributed by atoms with Crippen molar-refractivity contribution in [2.45, 2.75) is 18.9 Å². The number of carbonyl (C=O) groups is 1. The van der Waals surface area contributed by atoms with Crippen LogP contribution in [0.1, 0.15) is 11.1 Å². The second-order valence-corrected chi connectivity index (χ2v) is 5.28. The molecule has 0 spiro atoms. The number of fused-ring (bicyclic) bond motifs is 1. The number of nitrogens with two attached hydrogens (primary N) is 1. The standard InChI is InChI=1S/C17H18N2O2/c18-14-6-3-4-12(8-14)9-17(20)19-11-15-10-13-5-1-2-7-16(13)21-15/h1-8,15H,9-11,18H2,(H,19,20). The van der Waals surface area contributed by atoms with E-state index in [0.29, 0.717) is 18.7 Å². The molecule has 2 aromatic rings. The van der Waals surface area contributed by atoms with Gasteiger partial charge >= 0.3 is 0 Å². The van der Waals surface area contributed by atoms with Gasteiger partial charge < -0.3 is 15.8 Å². The van der Waals surface area contributed by atoms with E-state index in [1.807, 2.05) is 42.5 Å². The first-order valence-corrected chi connectivity index (χ1v) is 7.06. The Hall–Kier alpha value is -2.49. The number of ether oxygens (including phenoxy) is 1. The molecule has 4 nitrogen and oxygen atoms in total. The summed E-state index contributed by atoms with van der Waals surface area (Å²) < 4.78 is 5.79. The van der Waals surface area contributed by atoms with Crippen molar-refractivity contribution in [3.63, 3.8) is 0 Å². The van der Waals surface area contributed by atoms with Crippen LogP contribution in [0.2, 0.25) is 0 Å². The molecular formula is C17H18N2O2. The van der Waals surface area contributed by atoms with Gasteiger partial charge in [-0.05, 0) is 29.3 Å². The predicted octanol–water partition coefficient (Wildman–Crippen LogP) is 1.93. The summed E-state index contributed by atoms with van der Waals surface area (Å²) in [6.07, 6.45) is 1.20. The highest BCUT2D eigenvalue weighted by Gasteiger charge is 2.22. The SMILES string of the molecule is Nc1cccc(CC(=O)NCC2Cc3ccccc3O2)c1. The van der Waals surface area contributed by atoms with Crippen molar-refractivity contribution >= 4 is 11.6 Å². The van der Waals surface area contributed by atoms with Gasteiger partial charge in [0.2, 0.25) is 5.91 Å². The number of carbonyl (C=O) groups excluding carboxylic acids is 1. The molecule has 3 N–H and O–H groups in total. The van der Waals surface area contributed by atoms with E-state index in [4.69, 9.17) is 10.5 Å². The number of hydrogen-bond acceptors (Lipinski definition) is 3. The third kappa shape index (κ3) is 3.34. The normalized spacial score (nSPS) is 16.1. The summed E-state index contributed by atoms with van der Waals surface area (Å²) in [6, 6.07) is 15.4. The number of benzene rings is 2. The third-order valence-electron chi connectivity index (χ3n) is 3.56. The molecular weight excluding hydrogens is 264 g/mol. The van der Waals surface area contributed by atoms with E-state index in [0.717, 1.165) is 17.7 Å². The van der Waals surface area contributed by atoms with Crippen molar-refractivity contribution in [1.82, 2.24) is 5.32 Å². The Morgan fingerprint density at radius 1 is 1.24 bits per heavy atom. The molecule has 1 atom stereocenters. The summed E-state index contributed by atoms with van der Waals surface area (Å²) in [4.78, 5) is 11.9. The minimum Gasteiger partial charge on any atom is -0.488 e. The van der Waals surface area contributed by atoms with Gasteiger partial charge in [0.1, 0.15) is 11.9 Å². The predicted molar refractivity (Wildman–Crippen MR) is 82.1 cm³/mol. The fourth-order valence-electron chi connectivity index (χ4n) is 2.55. The van der Waals surface area contributed by atoms with E-state index in [2.05, 4.69) is 11.4 Å². The fraction of sp³-hybridized carbons (Fsp3) is 0.235. The lowest BCUT2D eigenvalue weighted by molar-refractivity contribution is -0.120. The van der Waals surface area contributed by atoms with Gasteiger partial charge in [-0.15, -0.1) is 0 Å². The van der Waals surface area contributed by atoms with Crippen LogP contribution in [0.25, 0.3) is 0 Å². The second kappa shape index (κ2) is 5.87. The van der Waals surface area contributed by atoms with E-state index in [1.54, 1.807) is 0 Å². The van der Waals surface area contributed by atoms with Crippen molar-refractivity contribution in [2.75, 3.05) is 12.3 Å². The quantitative estimate of drug-likeness (QED) is 0.842. The molecule has 1 aliphatic heterocycles.